The number of aryl methyl sites for hydroxylation is 1. The first-order valence-electron chi connectivity index (χ1n) is 9.72. The summed E-state index contributed by atoms with van der Waals surface area (Å²) in [5, 5.41) is 14.2. The molecular weight excluding hydrogens is 412 g/mol. The number of nitro groups is 1. The number of amides is 1. The second-order valence-electron chi connectivity index (χ2n) is 7.09. The lowest BCUT2D eigenvalue weighted by molar-refractivity contribution is -0.384. The minimum atomic E-state index is -0.548. The Morgan fingerprint density at radius 3 is 2.53 bits per heavy atom. The minimum Gasteiger partial charge on any atom is -0.484 e. The van der Waals surface area contributed by atoms with Crippen molar-refractivity contribution in [1.29, 1.82) is 0 Å². The number of ketones is 1. The number of ether oxygens (including phenoxy) is 1. The third-order valence-corrected chi connectivity index (χ3v) is 4.78. The number of hydrogen-bond acceptors (Lipinski definition) is 6. The summed E-state index contributed by atoms with van der Waals surface area (Å²) in [6.45, 7) is 1.52. The second-order valence-corrected chi connectivity index (χ2v) is 7.09. The molecule has 1 amide bonds. The SMILES string of the molecule is Cc1ccc(C(=O)c2oc3ccccc3c2NC(=O)COc2cccc([N+](=O)[O-])c2)cc1. The maximum absolute atomic E-state index is 13.1. The molecule has 0 fully saturated rings. The fraction of sp³-hybridized carbons (Fsp3) is 0.0833. The van der Waals surface area contributed by atoms with Crippen LogP contribution in [0.3, 0.4) is 0 Å². The molecular formula is C24H18N2O6. The number of non-ortho nitro benzene ring substituents is 1. The Labute approximate surface area is 182 Å². The Balaban J connectivity index is 1.58. The topological polar surface area (TPSA) is 112 Å². The molecule has 0 atom stereocenters. The number of nitro benzene ring substituents is 1. The first-order valence-corrected chi connectivity index (χ1v) is 9.72. The van der Waals surface area contributed by atoms with Crippen LogP contribution >= 0.6 is 0 Å². The van der Waals surface area contributed by atoms with Crippen LogP contribution in [0.5, 0.6) is 5.75 Å². The normalized spacial score (nSPS) is 10.7. The zero-order chi connectivity index (χ0) is 22.7. The Morgan fingerprint density at radius 1 is 1.03 bits per heavy atom. The van der Waals surface area contributed by atoms with E-state index in [1.165, 1.54) is 24.3 Å². The molecule has 4 aromatic rings. The van der Waals surface area contributed by atoms with E-state index in [9.17, 15) is 19.7 Å². The van der Waals surface area contributed by atoms with E-state index in [-0.39, 0.29) is 28.7 Å². The Kier molecular flexibility index (Phi) is 5.67. The maximum Gasteiger partial charge on any atom is 0.273 e. The lowest BCUT2D eigenvalue weighted by Gasteiger charge is -2.08. The molecule has 32 heavy (non-hydrogen) atoms. The van der Waals surface area contributed by atoms with Crippen molar-refractivity contribution in [2.24, 2.45) is 0 Å². The van der Waals surface area contributed by atoms with Crippen LogP contribution in [0.2, 0.25) is 0 Å². The van der Waals surface area contributed by atoms with E-state index in [1.807, 2.05) is 19.1 Å². The fourth-order valence-electron chi connectivity index (χ4n) is 3.18. The molecule has 1 N–H and O–H groups in total. The molecule has 0 saturated carbocycles. The van der Waals surface area contributed by atoms with E-state index in [0.717, 1.165) is 5.56 Å². The summed E-state index contributed by atoms with van der Waals surface area (Å²) in [7, 11) is 0. The van der Waals surface area contributed by atoms with Gasteiger partial charge in [-0.25, -0.2) is 0 Å². The Bertz CT molecular complexity index is 1320. The number of fused-ring (bicyclic) bond motifs is 1. The average Bonchev–Trinajstić information content (AvgIpc) is 3.16. The molecule has 160 valence electrons. The zero-order valence-electron chi connectivity index (χ0n) is 17.0. The second kappa shape index (κ2) is 8.73. The van der Waals surface area contributed by atoms with E-state index in [0.29, 0.717) is 16.5 Å². The number of rotatable bonds is 7. The molecule has 1 heterocycles. The van der Waals surface area contributed by atoms with Gasteiger partial charge in [-0.15, -0.1) is 0 Å². The molecule has 3 aromatic carbocycles. The van der Waals surface area contributed by atoms with Crippen molar-refractivity contribution >= 4 is 34.0 Å². The summed E-state index contributed by atoms with van der Waals surface area (Å²) in [5.41, 5.74) is 2.00. The molecule has 0 aliphatic heterocycles. The first kappa shape index (κ1) is 20.8. The van der Waals surface area contributed by atoms with E-state index < -0.39 is 17.4 Å². The fourth-order valence-corrected chi connectivity index (χ4v) is 3.18. The van der Waals surface area contributed by atoms with Gasteiger partial charge in [0.2, 0.25) is 5.78 Å². The van der Waals surface area contributed by atoms with Crippen LogP contribution in [0, 0.1) is 17.0 Å². The van der Waals surface area contributed by atoms with E-state index in [1.54, 1.807) is 36.4 Å². The maximum atomic E-state index is 13.1. The summed E-state index contributed by atoms with van der Waals surface area (Å²) in [6.07, 6.45) is 0. The van der Waals surface area contributed by atoms with Crippen molar-refractivity contribution in [2.45, 2.75) is 6.92 Å². The number of benzene rings is 3. The zero-order valence-corrected chi connectivity index (χ0v) is 17.0. The Hall–Kier alpha value is -4.46. The number of hydrogen-bond donors (Lipinski definition) is 1. The predicted octanol–water partition coefficient (Wildman–Crippen LogP) is 4.90. The van der Waals surface area contributed by atoms with Crippen molar-refractivity contribution in [3.8, 4) is 5.75 Å². The third-order valence-electron chi connectivity index (χ3n) is 4.78. The highest BCUT2D eigenvalue weighted by molar-refractivity contribution is 6.17. The van der Waals surface area contributed by atoms with Crippen LogP contribution in [-0.2, 0) is 4.79 Å². The summed E-state index contributed by atoms with van der Waals surface area (Å²) < 4.78 is 11.2. The molecule has 0 aliphatic rings. The number of nitrogens with zero attached hydrogens (tertiary/aromatic N) is 1. The van der Waals surface area contributed by atoms with Crippen LogP contribution in [0.25, 0.3) is 11.0 Å². The molecule has 0 unspecified atom stereocenters. The van der Waals surface area contributed by atoms with Crippen LogP contribution in [0.15, 0.2) is 77.2 Å². The molecule has 0 aliphatic carbocycles. The van der Waals surface area contributed by atoms with Gasteiger partial charge in [-0.05, 0) is 25.1 Å². The third kappa shape index (κ3) is 4.34. The van der Waals surface area contributed by atoms with Gasteiger partial charge in [0.1, 0.15) is 11.3 Å². The monoisotopic (exact) mass is 430 g/mol. The lowest BCUT2D eigenvalue weighted by Crippen LogP contribution is -2.21. The number of anilines is 1. The molecule has 0 bridgehead atoms. The number of para-hydroxylation sites is 1. The first-order chi connectivity index (χ1) is 15.4. The molecule has 4 rings (SSSR count). The van der Waals surface area contributed by atoms with Crippen LogP contribution in [0.4, 0.5) is 11.4 Å². The average molecular weight is 430 g/mol. The molecule has 0 radical (unpaired) electrons. The number of nitrogens with one attached hydrogen (secondary N) is 1. The number of carbonyl (C=O) groups excluding carboxylic acids is 2. The predicted molar refractivity (Wildman–Crippen MR) is 118 cm³/mol. The number of carbonyl (C=O) groups is 2. The highest BCUT2D eigenvalue weighted by atomic mass is 16.6. The summed E-state index contributed by atoms with van der Waals surface area (Å²) in [5.74, 6) is -0.710. The van der Waals surface area contributed by atoms with Gasteiger partial charge in [0.15, 0.2) is 12.4 Å². The van der Waals surface area contributed by atoms with Crippen LogP contribution < -0.4 is 10.1 Å². The van der Waals surface area contributed by atoms with Crippen molar-refractivity contribution in [2.75, 3.05) is 11.9 Å². The van der Waals surface area contributed by atoms with Gasteiger partial charge in [-0.1, -0.05) is 48.0 Å². The van der Waals surface area contributed by atoms with Crippen molar-refractivity contribution in [3.63, 3.8) is 0 Å². The summed E-state index contributed by atoms with van der Waals surface area (Å²) in [4.78, 5) is 36.0. The Morgan fingerprint density at radius 2 is 1.78 bits per heavy atom. The summed E-state index contributed by atoms with van der Waals surface area (Å²) >= 11 is 0. The van der Waals surface area contributed by atoms with Crippen molar-refractivity contribution < 1.29 is 23.7 Å². The van der Waals surface area contributed by atoms with E-state index >= 15 is 0 Å². The molecule has 0 spiro atoms. The van der Waals surface area contributed by atoms with Gasteiger partial charge in [0.25, 0.3) is 11.6 Å². The van der Waals surface area contributed by atoms with Gasteiger partial charge in [0, 0.05) is 17.0 Å². The quantitative estimate of drug-likeness (QED) is 0.254. The van der Waals surface area contributed by atoms with E-state index in [2.05, 4.69) is 5.32 Å². The molecule has 8 heteroatoms. The van der Waals surface area contributed by atoms with Crippen molar-refractivity contribution in [1.82, 2.24) is 0 Å². The number of furan rings is 1. The van der Waals surface area contributed by atoms with Crippen molar-refractivity contribution in [3.05, 3.63) is 99.8 Å². The molecule has 1 aromatic heterocycles. The van der Waals surface area contributed by atoms with Gasteiger partial charge in [0.05, 0.1) is 16.7 Å². The standard InChI is InChI=1S/C24H18N2O6/c1-15-9-11-16(12-10-15)23(28)24-22(19-7-2-3-8-20(19)32-24)25-21(27)14-31-18-6-4-5-17(13-18)26(29)30/h2-13H,14H2,1H3,(H,25,27). The van der Waals surface area contributed by atoms with Crippen LogP contribution in [0.1, 0.15) is 21.7 Å². The van der Waals surface area contributed by atoms with Gasteiger partial charge < -0.3 is 14.5 Å². The molecule has 8 nitrogen and oxygen atoms in total. The van der Waals surface area contributed by atoms with E-state index in [4.69, 9.17) is 9.15 Å². The summed E-state index contributed by atoms with van der Waals surface area (Å²) in [6, 6.07) is 19.5. The largest absolute Gasteiger partial charge is 0.484 e. The van der Waals surface area contributed by atoms with Crippen LogP contribution in [-0.4, -0.2) is 23.2 Å². The highest BCUT2D eigenvalue weighted by Crippen LogP contribution is 2.32. The van der Waals surface area contributed by atoms with Gasteiger partial charge in [-0.2, -0.15) is 0 Å². The lowest BCUT2D eigenvalue weighted by atomic mass is 10.1. The molecule has 0 saturated heterocycles. The smallest absolute Gasteiger partial charge is 0.273 e. The minimum absolute atomic E-state index is 0.0127. The highest BCUT2D eigenvalue weighted by Gasteiger charge is 2.23. The van der Waals surface area contributed by atoms with Gasteiger partial charge in [-0.3, -0.25) is 19.7 Å². The van der Waals surface area contributed by atoms with Gasteiger partial charge >= 0.3 is 0 Å².